The fourth-order valence-electron chi connectivity index (χ4n) is 5.25. The van der Waals surface area contributed by atoms with Crippen molar-refractivity contribution in [2.75, 3.05) is 4.90 Å². The van der Waals surface area contributed by atoms with E-state index in [0.29, 0.717) is 16.0 Å². The third kappa shape index (κ3) is 2.58. The number of rotatable bonds is 0. The zero-order chi connectivity index (χ0) is 22.3. The van der Waals surface area contributed by atoms with Gasteiger partial charge in [0.2, 0.25) is 11.8 Å². The van der Waals surface area contributed by atoms with Gasteiger partial charge < -0.3 is 0 Å². The minimum Gasteiger partial charge on any atom is -0.296 e. The van der Waals surface area contributed by atoms with E-state index in [2.05, 4.69) is 0 Å². The number of imide groups is 1. The summed E-state index contributed by atoms with van der Waals surface area (Å²) in [6.07, 6.45) is -5.11. The Kier molecular flexibility index (Phi) is 4.25. The predicted molar refractivity (Wildman–Crippen MR) is 104 cm³/mol. The number of likely N-dealkylation sites (tertiary alicyclic amines) is 1. The van der Waals surface area contributed by atoms with Crippen LogP contribution in [-0.2, 0) is 14.4 Å². The molecule has 160 valence electrons. The maximum Gasteiger partial charge on any atom is 0.471 e. The van der Waals surface area contributed by atoms with Crippen LogP contribution >= 0.6 is 0 Å². The number of halogens is 3. The van der Waals surface area contributed by atoms with Crippen molar-refractivity contribution in [2.45, 2.75) is 52.4 Å². The molecule has 4 rings (SSSR count). The number of benzene rings is 1. The van der Waals surface area contributed by atoms with E-state index in [9.17, 15) is 27.6 Å². The fourth-order valence-corrected chi connectivity index (χ4v) is 5.25. The van der Waals surface area contributed by atoms with E-state index in [4.69, 9.17) is 0 Å². The number of allylic oxidation sites excluding steroid dienone is 1. The first-order valence-electron chi connectivity index (χ1n) is 9.86. The molecule has 1 aromatic rings. The molecule has 8 heteroatoms. The summed E-state index contributed by atoms with van der Waals surface area (Å²) < 4.78 is 40.6. The van der Waals surface area contributed by atoms with E-state index < -0.39 is 47.3 Å². The van der Waals surface area contributed by atoms with Gasteiger partial charge >= 0.3 is 12.1 Å². The van der Waals surface area contributed by atoms with Gasteiger partial charge in [0.15, 0.2) is 0 Å². The molecule has 3 aliphatic rings. The summed E-state index contributed by atoms with van der Waals surface area (Å²) in [5, 5.41) is 0. The summed E-state index contributed by atoms with van der Waals surface area (Å²) in [6, 6.07) is 5.23. The van der Waals surface area contributed by atoms with Crippen molar-refractivity contribution in [1.29, 1.82) is 0 Å². The van der Waals surface area contributed by atoms with Crippen LogP contribution < -0.4 is 4.90 Å². The number of alkyl halides is 3. The van der Waals surface area contributed by atoms with E-state index in [0.717, 1.165) is 10.5 Å². The first-order chi connectivity index (χ1) is 13.8. The fraction of sp³-hybridized carbons (Fsp3) is 0.500. The Bertz CT molecular complexity index is 1010. The van der Waals surface area contributed by atoms with Crippen LogP contribution in [0.1, 0.15) is 40.2 Å². The standard InChI is InChI=1S/C22H23F3N2O3/c1-10-11(2)15-16(19(29)27(18(15)28)21(3,4)5)17-14(10)12-8-6-7-9-13(12)26(17)20(30)22(23,24)25/h6-9,11,15-17H,1-5H3/t11-,15-,16-,17?/m0/s1. The first kappa shape index (κ1) is 20.6. The van der Waals surface area contributed by atoms with Crippen LogP contribution in [-0.4, -0.2) is 40.4 Å². The lowest BCUT2D eigenvalue weighted by molar-refractivity contribution is -0.171. The monoisotopic (exact) mass is 420 g/mol. The Hall–Kier alpha value is -2.64. The molecule has 1 aliphatic carbocycles. The first-order valence-corrected chi connectivity index (χ1v) is 9.86. The minimum absolute atomic E-state index is 0.126. The Labute approximate surface area is 172 Å². The molecule has 2 aliphatic heterocycles. The van der Waals surface area contributed by atoms with Crippen molar-refractivity contribution in [1.82, 2.24) is 4.90 Å². The zero-order valence-corrected chi connectivity index (χ0v) is 17.4. The maximum absolute atomic E-state index is 13.5. The molecule has 30 heavy (non-hydrogen) atoms. The Morgan fingerprint density at radius 1 is 1.00 bits per heavy atom. The Morgan fingerprint density at radius 3 is 2.13 bits per heavy atom. The quantitative estimate of drug-likeness (QED) is 0.600. The molecule has 5 nitrogen and oxygen atoms in total. The molecule has 0 N–H and O–H groups in total. The predicted octanol–water partition coefficient (Wildman–Crippen LogP) is 3.79. The van der Waals surface area contributed by atoms with E-state index in [-0.39, 0.29) is 11.6 Å². The number of fused-ring (bicyclic) bond motifs is 5. The van der Waals surface area contributed by atoms with Crippen LogP contribution in [0.25, 0.3) is 5.57 Å². The van der Waals surface area contributed by atoms with Crippen LogP contribution in [0.4, 0.5) is 18.9 Å². The largest absolute Gasteiger partial charge is 0.471 e. The van der Waals surface area contributed by atoms with Gasteiger partial charge in [-0.3, -0.25) is 24.2 Å². The van der Waals surface area contributed by atoms with Gasteiger partial charge in [0.05, 0.1) is 23.6 Å². The summed E-state index contributed by atoms with van der Waals surface area (Å²) in [7, 11) is 0. The molecule has 1 unspecified atom stereocenters. The van der Waals surface area contributed by atoms with Crippen LogP contribution in [0.15, 0.2) is 29.8 Å². The number of para-hydroxylation sites is 1. The average molecular weight is 420 g/mol. The second-order valence-electron chi connectivity index (χ2n) is 9.25. The lowest BCUT2D eigenvalue weighted by Crippen LogP contribution is -2.53. The number of hydrogen-bond acceptors (Lipinski definition) is 3. The highest BCUT2D eigenvalue weighted by Gasteiger charge is 2.63. The number of hydrogen-bond donors (Lipinski definition) is 0. The number of carbonyl (C=O) groups is 3. The van der Waals surface area contributed by atoms with E-state index in [1.807, 2.05) is 6.92 Å². The normalized spacial score (nSPS) is 28.7. The van der Waals surface area contributed by atoms with Crippen molar-refractivity contribution in [2.24, 2.45) is 17.8 Å². The van der Waals surface area contributed by atoms with Crippen molar-refractivity contribution in [3.05, 3.63) is 35.4 Å². The van der Waals surface area contributed by atoms with Crippen LogP contribution in [0.2, 0.25) is 0 Å². The van der Waals surface area contributed by atoms with Gasteiger partial charge in [0.1, 0.15) is 0 Å². The van der Waals surface area contributed by atoms with Gasteiger partial charge in [-0.1, -0.05) is 30.7 Å². The number of anilines is 1. The van der Waals surface area contributed by atoms with E-state index in [1.165, 1.54) is 6.07 Å². The van der Waals surface area contributed by atoms with Gasteiger partial charge in [0.25, 0.3) is 0 Å². The van der Waals surface area contributed by atoms with Gasteiger partial charge in [-0.25, -0.2) is 0 Å². The molecule has 0 spiro atoms. The van der Waals surface area contributed by atoms with Gasteiger partial charge in [-0.2, -0.15) is 13.2 Å². The minimum atomic E-state index is -5.11. The third-order valence-corrected chi connectivity index (χ3v) is 6.54. The average Bonchev–Trinajstić information content (AvgIpc) is 3.09. The molecular formula is C22H23F3N2O3. The highest BCUT2D eigenvalue weighted by atomic mass is 19.4. The van der Waals surface area contributed by atoms with Crippen LogP contribution in [0, 0.1) is 17.8 Å². The highest BCUT2D eigenvalue weighted by Crippen LogP contribution is 2.56. The summed E-state index contributed by atoms with van der Waals surface area (Å²) in [4.78, 5) is 41.0. The lowest BCUT2D eigenvalue weighted by Gasteiger charge is -2.38. The van der Waals surface area contributed by atoms with Crippen LogP contribution in [0.3, 0.4) is 0 Å². The number of nitrogens with zero attached hydrogens (tertiary/aromatic N) is 2. The molecule has 0 saturated carbocycles. The van der Waals surface area contributed by atoms with E-state index >= 15 is 0 Å². The van der Waals surface area contributed by atoms with E-state index in [1.54, 1.807) is 45.9 Å². The van der Waals surface area contributed by atoms with Gasteiger partial charge in [-0.05, 0) is 45.3 Å². The van der Waals surface area contributed by atoms with Crippen molar-refractivity contribution < 1.29 is 27.6 Å². The third-order valence-electron chi connectivity index (χ3n) is 6.54. The molecule has 1 aromatic carbocycles. The summed E-state index contributed by atoms with van der Waals surface area (Å²) in [5.74, 6) is -5.12. The molecule has 4 atom stereocenters. The second-order valence-corrected chi connectivity index (χ2v) is 9.25. The summed E-state index contributed by atoms with van der Waals surface area (Å²) >= 11 is 0. The lowest BCUT2D eigenvalue weighted by atomic mass is 9.68. The molecular weight excluding hydrogens is 397 g/mol. The van der Waals surface area contributed by atoms with Crippen LogP contribution in [0.5, 0.6) is 0 Å². The number of carbonyl (C=O) groups excluding carboxylic acids is 3. The second kappa shape index (κ2) is 6.18. The molecule has 0 radical (unpaired) electrons. The Balaban J connectivity index is 1.97. The Morgan fingerprint density at radius 2 is 1.57 bits per heavy atom. The molecule has 3 amide bonds. The summed E-state index contributed by atoms with van der Waals surface area (Å²) in [5.41, 5.74) is 1.11. The highest BCUT2D eigenvalue weighted by molar-refractivity contribution is 6.14. The van der Waals surface area contributed by atoms with Gasteiger partial charge in [-0.15, -0.1) is 0 Å². The SMILES string of the molecule is CC1=C2c3ccccc3N(C(=O)C(F)(F)F)C2[C@H]2C(=O)N(C(C)(C)C)C(=O)[C@H]2[C@H]1C. The molecule has 0 bridgehead atoms. The summed E-state index contributed by atoms with van der Waals surface area (Å²) in [6.45, 7) is 8.75. The molecule has 1 fully saturated rings. The molecule has 1 saturated heterocycles. The molecule has 0 aromatic heterocycles. The smallest absolute Gasteiger partial charge is 0.296 e. The zero-order valence-electron chi connectivity index (χ0n) is 17.4. The number of amides is 3. The van der Waals surface area contributed by atoms with Crippen molar-refractivity contribution in [3.63, 3.8) is 0 Å². The van der Waals surface area contributed by atoms with Gasteiger partial charge in [0, 0.05) is 11.1 Å². The maximum atomic E-state index is 13.5. The van der Waals surface area contributed by atoms with Crippen molar-refractivity contribution in [3.8, 4) is 0 Å². The molecule has 2 heterocycles. The topological polar surface area (TPSA) is 57.7 Å². The van der Waals surface area contributed by atoms with Crippen molar-refractivity contribution >= 4 is 29.0 Å².